The van der Waals surface area contributed by atoms with Crippen LogP contribution in [0.1, 0.15) is 13.8 Å². The second kappa shape index (κ2) is 10.4. The summed E-state index contributed by atoms with van der Waals surface area (Å²) in [5.74, 6) is -0.192. The molecule has 0 saturated heterocycles. The molecule has 31 heavy (non-hydrogen) atoms. The molecule has 0 saturated carbocycles. The number of amides is 1. The number of nitrogens with zero attached hydrogens (tertiary/aromatic N) is 2. The first-order chi connectivity index (χ1) is 15.0. The lowest BCUT2D eigenvalue weighted by atomic mass is 10.1. The molecule has 1 unspecified atom stereocenters. The van der Waals surface area contributed by atoms with E-state index in [0.29, 0.717) is 12.3 Å². The summed E-state index contributed by atoms with van der Waals surface area (Å²) < 4.78 is 25.7. The minimum atomic E-state index is -0.892. The molecule has 3 rings (SSSR count). The molecule has 1 heterocycles. The van der Waals surface area contributed by atoms with Gasteiger partial charge in [0.15, 0.2) is 17.7 Å². The van der Waals surface area contributed by atoms with Crippen LogP contribution < -0.4 is 20.3 Å². The zero-order valence-corrected chi connectivity index (χ0v) is 17.4. The van der Waals surface area contributed by atoms with E-state index in [1.54, 1.807) is 18.2 Å². The highest BCUT2D eigenvalue weighted by Crippen LogP contribution is 2.20. The van der Waals surface area contributed by atoms with Crippen LogP contribution in [0.25, 0.3) is 11.3 Å². The summed E-state index contributed by atoms with van der Waals surface area (Å²) in [6, 6.07) is 16.4. The minimum absolute atomic E-state index is 0.00564. The maximum atomic E-state index is 13.7. The van der Waals surface area contributed by atoms with Crippen molar-refractivity contribution < 1.29 is 18.7 Å². The van der Waals surface area contributed by atoms with Gasteiger partial charge < -0.3 is 14.8 Å². The third-order valence-corrected chi connectivity index (χ3v) is 4.46. The van der Waals surface area contributed by atoms with Gasteiger partial charge in [-0.2, -0.15) is 5.10 Å². The molecular formula is C23H24FN3O4. The fourth-order valence-electron chi connectivity index (χ4n) is 2.86. The monoisotopic (exact) mass is 425 g/mol. The Morgan fingerprint density at radius 3 is 2.58 bits per heavy atom. The van der Waals surface area contributed by atoms with Crippen LogP contribution in [-0.2, 0) is 11.3 Å². The van der Waals surface area contributed by atoms with Gasteiger partial charge in [-0.3, -0.25) is 9.59 Å². The van der Waals surface area contributed by atoms with Gasteiger partial charge in [0, 0.05) is 18.2 Å². The van der Waals surface area contributed by atoms with Gasteiger partial charge in [0.25, 0.3) is 11.5 Å². The number of carbonyl (C=O) groups is 1. The Labute approximate surface area is 179 Å². The van der Waals surface area contributed by atoms with E-state index in [9.17, 15) is 14.0 Å². The number of para-hydroxylation sites is 1. The van der Waals surface area contributed by atoms with E-state index in [4.69, 9.17) is 9.47 Å². The van der Waals surface area contributed by atoms with Crippen molar-refractivity contribution in [1.29, 1.82) is 0 Å². The van der Waals surface area contributed by atoms with Crippen molar-refractivity contribution in [3.8, 4) is 22.8 Å². The third-order valence-electron chi connectivity index (χ3n) is 4.46. The number of aromatic nitrogens is 2. The first kappa shape index (κ1) is 22.0. The molecule has 7 nitrogen and oxygen atoms in total. The van der Waals surface area contributed by atoms with E-state index >= 15 is 0 Å². The average molecular weight is 425 g/mol. The van der Waals surface area contributed by atoms with Crippen molar-refractivity contribution in [3.63, 3.8) is 0 Å². The third kappa shape index (κ3) is 5.91. The zero-order chi connectivity index (χ0) is 22.2. The molecule has 0 aliphatic heterocycles. The molecule has 1 amide bonds. The molecule has 0 aliphatic carbocycles. The lowest BCUT2D eigenvalue weighted by Crippen LogP contribution is -2.39. The van der Waals surface area contributed by atoms with E-state index in [2.05, 4.69) is 10.4 Å². The molecule has 162 valence electrons. The summed E-state index contributed by atoms with van der Waals surface area (Å²) in [6.45, 7) is 4.37. The summed E-state index contributed by atoms with van der Waals surface area (Å²) >= 11 is 0. The molecule has 1 N–H and O–H groups in total. The second-order valence-electron chi connectivity index (χ2n) is 6.72. The molecule has 0 bridgehead atoms. The summed E-state index contributed by atoms with van der Waals surface area (Å²) in [5, 5.41) is 7.05. The molecular weight excluding hydrogens is 401 g/mol. The first-order valence-electron chi connectivity index (χ1n) is 9.98. The standard InChI is InChI=1S/C23H24FN3O4/c1-3-30-18-10-8-17(9-11-18)20-12-13-22(28)27(26-20)15-14-25-23(29)16(2)31-21-7-5-4-6-19(21)24/h4-13,16H,3,14-15H2,1-2H3,(H,25,29). The average Bonchev–Trinajstić information content (AvgIpc) is 2.77. The van der Waals surface area contributed by atoms with E-state index < -0.39 is 17.8 Å². The van der Waals surface area contributed by atoms with Crippen molar-refractivity contribution >= 4 is 5.91 Å². The predicted molar refractivity (Wildman–Crippen MR) is 115 cm³/mol. The van der Waals surface area contributed by atoms with Gasteiger partial charge >= 0.3 is 0 Å². The van der Waals surface area contributed by atoms with Crippen LogP contribution in [0.15, 0.2) is 65.5 Å². The molecule has 8 heteroatoms. The number of hydrogen-bond acceptors (Lipinski definition) is 5. The topological polar surface area (TPSA) is 82.5 Å². The van der Waals surface area contributed by atoms with Crippen LogP contribution in [0.3, 0.4) is 0 Å². The summed E-state index contributed by atoms with van der Waals surface area (Å²) in [6.07, 6.45) is -0.892. The predicted octanol–water partition coefficient (Wildman–Crippen LogP) is 3.03. The van der Waals surface area contributed by atoms with E-state index in [1.165, 1.54) is 29.8 Å². The number of hydrogen-bond donors (Lipinski definition) is 1. The summed E-state index contributed by atoms with van der Waals surface area (Å²) in [7, 11) is 0. The van der Waals surface area contributed by atoms with E-state index in [-0.39, 0.29) is 24.4 Å². The quantitative estimate of drug-likeness (QED) is 0.570. The van der Waals surface area contributed by atoms with E-state index in [1.807, 2.05) is 31.2 Å². The lowest BCUT2D eigenvalue weighted by Gasteiger charge is -2.15. The maximum Gasteiger partial charge on any atom is 0.266 e. The Hall–Kier alpha value is -3.68. The van der Waals surface area contributed by atoms with Crippen LogP contribution in [-0.4, -0.2) is 34.9 Å². The Balaban J connectivity index is 1.58. The van der Waals surface area contributed by atoms with Gasteiger partial charge in [-0.25, -0.2) is 9.07 Å². The normalized spacial score (nSPS) is 11.6. The van der Waals surface area contributed by atoms with Gasteiger partial charge in [-0.15, -0.1) is 0 Å². The highest BCUT2D eigenvalue weighted by atomic mass is 19.1. The molecule has 0 fully saturated rings. The Morgan fingerprint density at radius 2 is 1.87 bits per heavy atom. The van der Waals surface area contributed by atoms with Crippen LogP contribution in [0, 0.1) is 5.82 Å². The smallest absolute Gasteiger partial charge is 0.266 e. The number of benzene rings is 2. The maximum absolute atomic E-state index is 13.7. The van der Waals surface area contributed by atoms with Crippen molar-refractivity contribution in [2.45, 2.75) is 26.5 Å². The van der Waals surface area contributed by atoms with Crippen LogP contribution >= 0.6 is 0 Å². The fourth-order valence-corrected chi connectivity index (χ4v) is 2.86. The van der Waals surface area contributed by atoms with Gasteiger partial charge in [0.05, 0.1) is 18.8 Å². The fraction of sp³-hybridized carbons (Fsp3) is 0.261. The number of carbonyl (C=O) groups excluding carboxylic acids is 1. The minimum Gasteiger partial charge on any atom is -0.494 e. The molecule has 0 radical (unpaired) electrons. The first-order valence-corrected chi connectivity index (χ1v) is 9.98. The summed E-state index contributed by atoms with van der Waals surface area (Å²) in [4.78, 5) is 24.4. The van der Waals surface area contributed by atoms with Gasteiger partial charge in [-0.1, -0.05) is 12.1 Å². The number of halogens is 1. The Morgan fingerprint density at radius 1 is 1.13 bits per heavy atom. The van der Waals surface area contributed by atoms with Crippen LogP contribution in [0.4, 0.5) is 4.39 Å². The number of nitrogens with one attached hydrogen (secondary N) is 1. The van der Waals surface area contributed by atoms with Gasteiger partial charge in [0.1, 0.15) is 5.75 Å². The Bertz CT molecular complexity index is 1080. The Kier molecular flexibility index (Phi) is 7.37. The van der Waals surface area contributed by atoms with Crippen molar-refractivity contribution in [3.05, 3.63) is 76.8 Å². The highest BCUT2D eigenvalue weighted by Gasteiger charge is 2.16. The van der Waals surface area contributed by atoms with Gasteiger partial charge in [0.2, 0.25) is 0 Å². The van der Waals surface area contributed by atoms with Crippen molar-refractivity contribution in [1.82, 2.24) is 15.1 Å². The SMILES string of the molecule is CCOc1ccc(-c2ccc(=O)n(CCNC(=O)C(C)Oc3ccccc3F)n2)cc1. The molecule has 2 aromatic carbocycles. The largest absolute Gasteiger partial charge is 0.494 e. The van der Waals surface area contributed by atoms with E-state index in [0.717, 1.165) is 11.3 Å². The van der Waals surface area contributed by atoms with Crippen molar-refractivity contribution in [2.24, 2.45) is 0 Å². The van der Waals surface area contributed by atoms with Crippen LogP contribution in [0.5, 0.6) is 11.5 Å². The number of rotatable bonds is 9. The highest BCUT2D eigenvalue weighted by molar-refractivity contribution is 5.80. The molecule has 1 aromatic heterocycles. The van der Waals surface area contributed by atoms with Crippen molar-refractivity contribution in [2.75, 3.05) is 13.2 Å². The van der Waals surface area contributed by atoms with Crippen LogP contribution in [0.2, 0.25) is 0 Å². The molecule has 1 atom stereocenters. The van der Waals surface area contributed by atoms with Gasteiger partial charge in [-0.05, 0) is 56.3 Å². The zero-order valence-electron chi connectivity index (χ0n) is 17.4. The summed E-state index contributed by atoms with van der Waals surface area (Å²) in [5.41, 5.74) is 1.19. The molecule has 0 spiro atoms. The lowest BCUT2D eigenvalue weighted by molar-refractivity contribution is -0.127. The molecule has 3 aromatic rings. The second-order valence-corrected chi connectivity index (χ2v) is 6.72. The number of ether oxygens (including phenoxy) is 2. The molecule has 0 aliphatic rings.